The van der Waals surface area contributed by atoms with E-state index in [1.165, 1.54) is 11.3 Å². The van der Waals surface area contributed by atoms with Gasteiger partial charge in [0.05, 0.1) is 6.21 Å². The molecule has 8 heteroatoms. The van der Waals surface area contributed by atoms with Crippen LogP contribution < -0.4 is 11.2 Å². The summed E-state index contributed by atoms with van der Waals surface area (Å²) in [4.78, 5) is 16.0. The number of thiophene rings is 1. The number of anilines is 1. The van der Waals surface area contributed by atoms with Crippen molar-refractivity contribution < 1.29 is 4.79 Å². The molecule has 16 heavy (non-hydrogen) atoms. The second-order valence-electron chi connectivity index (χ2n) is 2.76. The first-order valence-electron chi connectivity index (χ1n) is 4.30. The van der Waals surface area contributed by atoms with Crippen LogP contribution in [0.2, 0.25) is 0 Å². The third-order valence-corrected chi connectivity index (χ3v) is 2.43. The fraction of sp³-hybridized carbons (Fsp3) is 0. The topological polar surface area (TPSA) is 109 Å². The molecular formula is C8H8N6OS. The second-order valence-corrected chi connectivity index (χ2v) is 3.74. The molecule has 0 aliphatic rings. The molecule has 0 aliphatic heterocycles. The third-order valence-electron chi connectivity index (χ3n) is 1.62. The van der Waals surface area contributed by atoms with E-state index in [0.29, 0.717) is 0 Å². The van der Waals surface area contributed by atoms with Gasteiger partial charge in [0.15, 0.2) is 0 Å². The Balaban J connectivity index is 1.94. The Morgan fingerprint density at radius 1 is 1.69 bits per heavy atom. The van der Waals surface area contributed by atoms with E-state index in [1.807, 2.05) is 17.5 Å². The molecule has 82 valence electrons. The zero-order chi connectivity index (χ0) is 11.4. The Kier molecular flexibility index (Phi) is 2.92. The van der Waals surface area contributed by atoms with Gasteiger partial charge in [-0.3, -0.25) is 9.89 Å². The molecule has 0 fully saturated rings. The van der Waals surface area contributed by atoms with Crippen molar-refractivity contribution in [3.63, 3.8) is 0 Å². The fourth-order valence-corrected chi connectivity index (χ4v) is 1.53. The lowest BCUT2D eigenvalue weighted by Crippen LogP contribution is -2.19. The number of carbonyl (C=O) groups is 1. The van der Waals surface area contributed by atoms with Crippen LogP contribution in [-0.2, 0) is 0 Å². The highest BCUT2D eigenvalue weighted by atomic mass is 32.1. The Labute approximate surface area is 94.4 Å². The Hall–Kier alpha value is -2.22. The van der Waals surface area contributed by atoms with Gasteiger partial charge in [-0.1, -0.05) is 6.07 Å². The standard InChI is InChI=1S/C8H8N6OS/c9-8-11-6(12-14-8)7(15)13-10-4-5-2-1-3-16-5/h1-4H,(H,13,15)(H3,9,11,12,14)/b10-4-. The van der Waals surface area contributed by atoms with Crippen LogP contribution in [0.15, 0.2) is 22.6 Å². The van der Waals surface area contributed by atoms with E-state index in [4.69, 9.17) is 5.73 Å². The van der Waals surface area contributed by atoms with Crippen molar-refractivity contribution in [2.75, 3.05) is 5.73 Å². The summed E-state index contributed by atoms with van der Waals surface area (Å²) < 4.78 is 0. The van der Waals surface area contributed by atoms with Gasteiger partial charge in [0.2, 0.25) is 11.8 Å². The van der Waals surface area contributed by atoms with Gasteiger partial charge < -0.3 is 5.73 Å². The largest absolute Gasteiger partial charge is 0.366 e. The maximum Gasteiger partial charge on any atom is 0.308 e. The lowest BCUT2D eigenvalue weighted by molar-refractivity contribution is 0.0945. The highest BCUT2D eigenvalue weighted by molar-refractivity contribution is 7.11. The van der Waals surface area contributed by atoms with Gasteiger partial charge in [0.1, 0.15) is 0 Å². The van der Waals surface area contributed by atoms with E-state index < -0.39 is 5.91 Å². The number of aromatic amines is 1. The Bertz CT molecular complexity index is 502. The monoisotopic (exact) mass is 236 g/mol. The van der Waals surface area contributed by atoms with Crippen molar-refractivity contribution in [3.05, 3.63) is 28.2 Å². The molecule has 2 aromatic heterocycles. The minimum Gasteiger partial charge on any atom is -0.366 e. The minimum atomic E-state index is -0.489. The van der Waals surface area contributed by atoms with Gasteiger partial charge >= 0.3 is 5.91 Å². The van der Waals surface area contributed by atoms with E-state index in [9.17, 15) is 4.79 Å². The molecule has 2 heterocycles. The summed E-state index contributed by atoms with van der Waals surface area (Å²) in [5, 5.41) is 11.6. The van der Waals surface area contributed by atoms with Crippen LogP contribution in [0, 0.1) is 0 Å². The molecule has 0 saturated heterocycles. The predicted octanol–water partition coefficient (Wildman–Crippen LogP) is 0.212. The summed E-state index contributed by atoms with van der Waals surface area (Å²) >= 11 is 1.52. The summed E-state index contributed by atoms with van der Waals surface area (Å²) in [5.41, 5.74) is 7.55. The van der Waals surface area contributed by atoms with E-state index in [0.717, 1.165) is 4.88 Å². The number of nitrogens with one attached hydrogen (secondary N) is 2. The first-order valence-corrected chi connectivity index (χ1v) is 5.18. The number of hydrogen-bond donors (Lipinski definition) is 3. The maximum atomic E-state index is 11.4. The number of nitrogens with zero attached hydrogens (tertiary/aromatic N) is 3. The lowest BCUT2D eigenvalue weighted by atomic mass is 10.5. The van der Waals surface area contributed by atoms with Crippen molar-refractivity contribution in [2.24, 2.45) is 5.10 Å². The molecule has 0 unspecified atom stereocenters. The minimum absolute atomic E-state index is 0.0207. The van der Waals surface area contributed by atoms with Gasteiger partial charge in [-0.2, -0.15) is 10.1 Å². The number of amides is 1. The van der Waals surface area contributed by atoms with Gasteiger partial charge in [0, 0.05) is 4.88 Å². The van der Waals surface area contributed by atoms with Crippen LogP contribution in [0.4, 0.5) is 5.95 Å². The van der Waals surface area contributed by atoms with Gasteiger partial charge in [-0.25, -0.2) is 5.43 Å². The highest BCUT2D eigenvalue weighted by Gasteiger charge is 2.08. The third kappa shape index (κ3) is 2.42. The number of nitrogens with two attached hydrogens (primary N) is 1. The number of rotatable bonds is 3. The highest BCUT2D eigenvalue weighted by Crippen LogP contribution is 2.04. The zero-order valence-corrected chi connectivity index (χ0v) is 8.86. The molecule has 4 N–H and O–H groups in total. The predicted molar refractivity (Wildman–Crippen MR) is 60.2 cm³/mol. The van der Waals surface area contributed by atoms with Crippen molar-refractivity contribution >= 4 is 29.4 Å². The second kappa shape index (κ2) is 4.53. The number of H-pyrrole nitrogens is 1. The zero-order valence-electron chi connectivity index (χ0n) is 8.04. The van der Waals surface area contributed by atoms with Crippen LogP contribution in [0.3, 0.4) is 0 Å². The number of hydrazone groups is 1. The van der Waals surface area contributed by atoms with E-state index in [-0.39, 0.29) is 11.8 Å². The normalized spacial score (nSPS) is 10.8. The van der Waals surface area contributed by atoms with E-state index >= 15 is 0 Å². The number of hydrogen-bond acceptors (Lipinski definition) is 6. The number of carbonyl (C=O) groups excluding carboxylic acids is 1. The summed E-state index contributed by atoms with van der Waals surface area (Å²) in [6, 6.07) is 3.78. The molecule has 0 aromatic carbocycles. The molecule has 2 rings (SSSR count). The number of nitrogen functional groups attached to an aromatic ring is 1. The lowest BCUT2D eigenvalue weighted by Gasteiger charge is -1.92. The van der Waals surface area contributed by atoms with Crippen molar-refractivity contribution in [1.82, 2.24) is 20.6 Å². The van der Waals surface area contributed by atoms with Crippen molar-refractivity contribution in [3.8, 4) is 0 Å². The maximum absolute atomic E-state index is 11.4. The summed E-state index contributed by atoms with van der Waals surface area (Å²) in [7, 11) is 0. The average molecular weight is 236 g/mol. The summed E-state index contributed by atoms with van der Waals surface area (Å²) in [6.07, 6.45) is 1.54. The summed E-state index contributed by atoms with van der Waals surface area (Å²) in [5.74, 6) is -0.440. The summed E-state index contributed by atoms with van der Waals surface area (Å²) in [6.45, 7) is 0. The van der Waals surface area contributed by atoms with Crippen molar-refractivity contribution in [1.29, 1.82) is 0 Å². The van der Waals surface area contributed by atoms with Crippen LogP contribution in [-0.4, -0.2) is 27.3 Å². The molecule has 0 saturated carbocycles. The number of aromatic nitrogens is 3. The molecule has 0 aliphatic carbocycles. The molecule has 0 atom stereocenters. The Morgan fingerprint density at radius 3 is 3.19 bits per heavy atom. The molecule has 7 nitrogen and oxygen atoms in total. The fourth-order valence-electron chi connectivity index (χ4n) is 0.949. The molecule has 2 aromatic rings. The van der Waals surface area contributed by atoms with Gasteiger partial charge in [-0.15, -0.1) is 16.4 Å². The van der Waals surface area contributed by atoms with Gasteiger partial charge in [-0.05, 0) is 11.4 Å². The molecule has 0 spiro atoms. The van der Waals surface area contributed by atoms with Crippen LogP contribution in [0.5, 0.6) is 0 Å². The SMILES string of the molecule is Nc1n[nH]c(C(=O)N/N=C\c2cccs2)n1. The molecular weight excluding hydrogens is 228 g/mol. The van der Waals surface area contributed by atoms with E-state index in [1.54, 1.807) is 6.21 Å². The van der Waals surface area contributed by atoms with Crippen molar-refractivity contribution in [2.45, 2.75) is 0 Å². The first kappa shape index (κ1) is 10.3. The first-order chi connectivity index (χ1) is 7.75. The van der Waals surface area contributed by atoms with Gasteiger partial charge in [0.25, 0.3) is 0 Å². The van der Waals surface area contributed by atoms with E-state index in [2.05, 4.69) is 25.7 Å². The van der Waals surface area contributed by atoms with Crippen LogP contribution in [0.25, 0.3) is 0 Å². The van der Waals surface area contributed by atoms with Crippen LogP contribution >= 0.6 is 11.3 Å². The van der Waals surface area contributed by atoms with Crippen LogP contribution in [0.1, 0.15) is 15.5 Å². The Morgan fingerprint density at radius 2 is 2.56 bits per heavy atom. The quantitative estimate of drug-likeness (QED) is 0.522. The average Bonchev–Trinajstić information content (AvgIpc) is 2.89. The molecule has 0 bridgehead atoms. The molecule has 1 amide bonds. The molecule has 0 radical (unpaired) electrons. The smallest absolute Gasteiger partial charge is 0.308 e.